The molecule has 0 amide bonds. The van der Waals surface area contributed by atoms with Gasteiger partial charge >= 0.3 is 0 Å². The van der Waals surface area contributed by atoms with Gasteiger partial charge in [-0.15, -0.1) is 0 Å². The highest BCUT2D eigenvalue weighted by Crippen LogP contribution is 2.24. The Labute approximate surface area is 92.2 Å². The largest absolute Gasteiger partial charge is 0.391 e. The molecule has 0 aromatic rings. The molecule has 0 heterocycles. The Hall–Kier alpha value is -0.160. The Bertz CT molecular complexity index is 167. The average molecular weight is 216 g/mol. The summed E-state index contributed by atoms with van der Waals surface area (Å²) in [6.07, 6.45) is 4.15. The maximum absolute atomic E-state index is 9.46. The van der Waals surface area contributed by atoms with E-state index >= 15 is 0 Å². The Morgan fingerprint density at radius 2 is 2.33 bits per heavy atom. The van der Waals surface area contributed by atoms with Crippen LogP contribution in [0.25, 0.3) is 0 Å². The lowest BCUT2D eigenvalue weighted by Gasteiger charge is -2.20. The molecule has 3 unspecified atom stereocenters. The molecule has 90 valence electrons. The summed E-state index contributed by atoms with van der Waals surface area (Å²) in [6, 6.07) is 0.560. The molecule has 1 rings (SSSR count). The van der Waals surface area contributed by atoms with Crippen molar-refractivity contribution >= 4 is 0 Å². The molecule has 0 saturated heterocycles. The van der Waals surface area contributed by atoms with Gasteiger partial charge < -0.3 is 20.9 Å². The smallest absolute Gasteiger partial charge is 0.0785 e. The van der Waals surface area contributed by atoms with Gasteiger partial charge in [0.05, 0.1) is 12.7 Å². The molecule has 4 nitrogen and oxygen atoms in total. The van der Waals surface area contributed by atoms with Crippen LogP contribution in [-0.2, 0) is 4.74 Å². The van der Waals surface area contributed by atoms with Gasteiger partial charge in [-0.2, -0.15) is 0 Å². The SMILES string of the molecule is COCC(O)CCNC1CCCC1CN. The summed E-state index contributed by atoms with van der Waals surface area (Å²) in [5.41, 5.74) is 5.69. The van der Waals surface area contributed by atoms with Gasteiger partial charge in [-0.3, -0.25) is 0 Å². The molecule has 3 atom stereocenters. The van der Waals surface area contributed by atoms with Gasteiger partial charge in [0.25, 0.3) is 0 Å². The molecule has 0 aromatic heterocycles. The van der Waals surface area contributed by atoms with Crippen molar-refractivity contribution in [1.29, 1.82) is 0 Å². The molecule has 1 aliphatic rings. The number of aliphatic hydroxyl groups excluding tert-OH is 1. The molecule has 15 heavy (non-hydrogen) atoms. The number of aliphatic hydroxyl groups is 1. The van der Waals surface area contributed by atoms with Gasteiger partial charge in [0.2, 0.25) is 0 Å². The quantitative estimate of drug-likeness (QED) is 0.565. The molecular weight excluding hydrogens is 192 g/mol. The molecule has 1 saturated carbocycles. The zero-order valence-electron chi connectivity index (χ0n) is 9.61. The molecule has 0 aliphatic heterocycles. The van der Waals surface area contributed by atoms with Crippen LogP contribution in [0.3, 0.4) is 0 Å². The number of hydrogen-bond acceptors (Lipinski definition) is 4. The van der Waals surface area contributed by atoms with E-state index in [9.17, 15) is 5.11 Å². The normalized spacial score (nSPS) is 28.2. The second kappa shape index (κ2) is 7.17. The van der Waals surface area contributed by atoms with E-state index in [0.717, 1.165) is 19.5 Å². The fourth-order valence-corrected chi connectivity index (χ4v) is 2.30. The number of hydrogen-bond donors (Lipinski definition) is 3. The summed E-state index contributed by atoms with van der Waals surface area (Å²) in [5, 5.41) is 12.9. The maximum atomic E-state index is 9.46. The summed E-state index contributed by atoms with van der Waals surface area (Å²) in [7, 11) is 1.61. The van der Waals surface area contributed by atoms with Crippen LogP contribution in [0.4, 0.5) is 0 Å². The van der Waals surface area contributed by atoms with Crippen molar-refractivity contribution in [2.24, 2.45) is 11.7 Å². The number of nitrogens with one attached hydrogen (secondary N) is 1. The average Bonchev–Trinajstić information content (AvgIpc) is 2.66. The second-order valence-electron chi connectivity index (χ2n) is 4.39. The van der Waals surface area contributed by atoms with Gasteiger partial charge in [0, 0.05) is 13.2 Å². The number of nitrogens with two attached hydrogens (primary N) is 1. The van der Waals surface area contributed by atoms with Crippen LogP contribution in [0.5, 0.6) is 0 Å². The molecule has 4 N–H and O–H groups in total. The Kier molecular flexibility index (Phi) is 6.17. The number of ether oxygens (including phenoxy) is 1. The van der Waals surface area contributed by atoms with Crippen molar-refractivity contribution in [2.45, 2.75) is 37.8 Å². The van der Waals surface area contributed by atoms with E-state index in [-0.39, 0.29) is 6.10 Å². The molecule has 0 aromatic carbocycles. The van der Waals surface area contributed by atoms with Gasteiger partial charge in [-0.1, -0.05) is 6.42 Å². The predicted molar refractivity (Wildman–Crippen MR) is 60.7 cm³/mol. The van der Waals surface area contributed by atoms with E-state index in [1.165, 1.54) is 19.3 Å². The van der Waals surface area contributed by atoms with E-state index in [4.69, 9.17) is 10.5 Å². The Morgan fingerprint density at radius 3 is 3.00 bits per heavy atom. The van der Waals surface area contributed by atoms with Crippen molar-refractivity contribution in [1.82, 2.24) is 5.32 Å². The molecule has 0 bridgehead atoms. The van der Waals surface area contributed by atoms with Crippen LogP contribution in [0.15, 0.2) is 0 Å². The van der Waals surface area contributed by atoms with Gasteiger partial charge in [0.1, 0.15) is 0 Å². The van der Waals surface area contributed by atoms with Crippen molar-refractivity contribution < 1.29 is 9.84 Å². The third-order valence-corrected chi connectivity index (χ3v) is 3.20. The Balaban J connectivity index is 2.08. The van der Waals surface area contributed by atoms with Crippen LogP contribution in [0.1, 0.15) is 25.7 Å². The van der Waals surface area contributed by atoms with E-state index in [1.807, 2.05) is 0 Å². The molecule has 4 heteroatoms. The molecule has 1 aliphatic carbocycles. The highest BCUT2D eigenvalue weighted by Gasteiger charge is 2.25. The topological polar surface area (TPSA) is 67.5 Å². The van der Waals surface area contributed by atoms with E-state index in [2.05, 4.69) is 5.32 Å². The standard InChI is InChI=1S/C11H24N2O2/c1-15-8-10(14)5-6-13-11-4-2-3-9(11)7-12/h9-11,13-14H,2-8,12H2,1H3. The van der Waals surface area contributed by atoms with Crippen LogP contribution < -0.4 is 11.1 Å². The first-order chi connectivity index (χ1) is 7.27. The number of methoxy groups -OCH3 is 1. The van der Waals surface area contributed by atoms with E-state index in [0.29, 0.717) is 18.6 Å². The van der Waals surface area contributed by atoms with Crippen LogP contribution >= 0.6 is 0 Å². The fraction of sp³-hybridized carbons (Fsp3) is 1.00. The van der Waals surface area contributed by atoms with Crippen molar-refractivity contribution in [3.8, 4) is 0 Å². The maximum Gasteiger partial charge on any atom is 0.0785 e. The van der Waals surface area contributed by atoms with Gasteiger partial charge in [-0.05, 0) is 38.3 Å². The third-order valence-electron chi connectivity index (χ3n) is 3.20. The van der Waals surface area contributed by atoms with Crippen molar-refractivity contribution in [3.63, 3.8) is 0 Å². The van der Waals surface area contributed by atoms with Crippen LogP contribution in [-0.4, -0.2) is 44.1 Å². The minimum atomic E-state index is -0.347. The first kappa shape index (κ1) is 12.9. The summed E-state index contributed by atoms with van der Waals surface area (Å²) in [4.78, 5) is 0. The van der Waals surface area contributed by atoms with Crippen molar-refractivity contribution in [3.05, 3.63) is 0 Å². The second-order valence-corrected chi connectivity index (χ2v) is 4.39. The monoisotopic (exact) mass is 216 g/mol. The minimum absolute atomic E-state index is 0.347. The van der Waals surface area contributed by atoms with Crippen molar-refractivity contribution in [2.75, 3.05) is 26.8 Å². The van der Waals surface area contributed by atoms with E-state index in [1.54, 1.807) is 7.11 Å². The summed E-state index contributed by atoms with van der Waals surface area (Å²) >= 11 is 0. The lowest BCUT2D eigenvalue weighted by molar-refractivity contribution is 0.0587. The molecular formula is C11H24N2O2. The lowest BCUT2D eigenvalue weighted by Crippen LogP contribution is -2.37. The first-order valence-electron chi connectivity index (χ1n) is 5.88. The third kappa shape index (κ3) is 4.47. The van der Waals surface area contributed by atoms with Gasteiger partial charge in [-0.25, -0.2) is 0 Å². The lowest BCUT2D eigenvalue weighted by atomic mass is 10.0. The summed E-state index contributed by atoms with van der Waals surface area (Å²) < 4.78 is 4.87. The molecule has 0 spiro atoms. The highest BCUT2D eigenvalue weighted by molar-refractivity contribution is 4.83. The zero-order chi connectivity index (χ0) is 11.1. The first-order valence-corrected chi connectivity index (χ1v) is 5.88. The summed E-state index contributed by atoms with van der Waals surface area (Å²) in [5.74, 6) is 0.629. The fourth-order valence-electron chi connectivity index (χ4n) is 2.30. The minimum Gasteiger partial charge on any atom is -0.391 e. The summed E-state index contributed by atoms with van der Waals surface area (Å²) in [6.45, 7) is 2.05. The van der Waals surface area contributed by atoms with Crippen LogP contribution in [0, 0.1) is 5.92 Å². The molecule has 0 radical (unpaired) electrons. The van der Waals surface area contributed by atoms with Crippen LogP contribution in [0.2, 0.25) is 0 Å². The predicted octanol–water partition coefficient (Wildman–Crippen LogP) is 0.101. The van der Waals surface area contributed by atoms with Gasteiger partial charge in [0.15, 0.2) is 0 Å². The highest BCUT2D eigenvalue weighted by atomic mass is 16.5. The zero-order valence-corrected chi connectivity index (χ0v) is 9.61. The van der Waals surface area contributed by atoms with E-state index < -0.39 is 0 Å². The number of rotatable bonds is 7. The molecule has 1 fully saturated rings. The Morgan fingerprint density at radius 1 is 1.53 bits per heavy atom.